The van der Waals surface area contributed by atoms with Gasteiger partial charge in [-0.2, -0.15) is 0 Å². The van der Waals surface area contributed by atoms with Gasteiger partial charge in [0.15, 0.2) is 5.96 Å². The van der Waals surface area contributed by atoms with Crippen LogP contribution in [0.5, 0.6) is 5.75 Å². The first kappa shape index (κ1) is 25.4. The Morgan fingerprint density at radius 3 is 2.58 bits per heavy atom. The zero-order chi connectivity index (χ0) is 20.9. The molecule has 1 aliphatic rings. The van der Waals surface area contributed by atoms with Crippen molar-refractivity contribution < 1.29 is 9.47 Å². The average molecular weight is 538 g/mol. The molecule has 1 heterocycles. The molecular weight excluding hydrogens is 503 g/mol. The summed E-state index contributed by atoms with van der Waals surface area (Å²) < 4.78 is 11.8. The highest BCUT2D eigenvalue weighted by Gasteiger charge is 2.12. The van der Waals surface area contributed by atoms with Crippen molar-refractivity contribution in [1.29, 1.82) is 0 Å². The number of benzene rings is 1. The number of nitrogens with zero attached hydrogens (tertiary/aromatic N) is 2. The number of nitrogens with one attached hydrogen (secondary N) is 2. The van der Waals surface area contributed by atoms with E-state index < -0.39 is 0 Å². The summed E-state index contributed by atoms with van der Waals surface area (Å²) >= 11 is 0. The van der Waals surface area contributed by atoms with Crippen molar-refractivity contribution >= 4 is 29.9 Å². The Kier molecular flexibility index (Phi) is 12.3. The zero-order valence-electron chi connectivity index (χ0n) is 18.4. The summed E-state index contributed by atoms with van der Waals surface area (Å²) in [4.78, 5) is 8.56. The SMILES string of the molecule is CN=C(NCCCOC1CCCCC1)NCc1ccc(OCc2ccccn2)cc1.I. The van der Waals surface area contributed by atoms with E-state index in [0.29, 0.717) is 19.3 Å². The highest BCUT2D eigenvalue weighted by molar-refractivity contribution is 14.0. The van der Waals surface area contributed by atoms with Crippen molar-refractivity contribution in [3.63, 3.8) is 0 Å². The minimum atomic E-state index is 0. The number of rotatable bonds is 10. The summed E-state index contributed by atoms with van der Waals surface area (Å²) in [6.45, 7) is 2.85. The minimum absolute atomic E-state index is 0. The second-order valence-corrected chi connectivity index (χ2v) is 7.59. The molecule has 31 heavy (non-hydrogen) atoms. The zero-order valence-corrected chi connectivity index (χ0v) is 20.7. The van der Waals surface area contributed by atoms with Crippen LogP contribution in [0, 0.1) is 0 Å². The van der Waals surface area contributed by atoms with Crippen LogP contribution in [0.3, 0.4) is 0 Å². The first-order chi connectivity index (χ1) is 14.8. The van der Waals surface area contributed by atoms with E-state index in [0.717, 1.165) is 37.0 Å². The third-order valence-corrected chi connectivity index (χ3v) is 5.24. The molecule has 0 unspecified atom stereocenters. The van der Waals surface area contributed by atoms with Crippen molar-refractivity contribution in [3.05, 3.63) is 59.9 Å². The number of aromatic nitrogens is 1. The van der Waals surface area contributed by atoms with Crippen molar-refractivity contribution in [2.75, 3.05) is 20.2 Å². The Morgan fingerprint density at radius 2 is 1.87 bits per heavy atom. The molecule has 170 valence electrons. The van der Waals surface area contributed by atoms with Gasteiger partial charge in [0.2, 0.25) is 0 Å². The lowest BCUT2D eigenvalue weighted by atomic mass is 9.98. The van der Waals surface area contributed by atoms with Crippen molar-refractivity contribution in [3.8, 4) is 5.75 Å². The molecule has 0 aliphatic heterocycles. The largest absolute Gasteiger partial charge is 0.487 e. The molecule has 2 aromatic rings. The van der Waals surface area contributed by atoms with Crippen molar-refractivity contribution in [2.24, 2.45) is 4.99 Å². The lowest BCUT2D eigenvalue weighted by Gasteiger charge is -2.22. The van der Waals surface area contributed by atoms with Crippen molar-refractivity contribution in [1.82, 2.24) is 15.6 Å². The Hall–Kier alpha value is -1.87. The van der Waals surface area contributed by atoms with E-state index in [2.05, 4.69) is 32.7 Å². The standard InChI is InChI=1S/C24H34N4O2.HI/c1-25-24(27-16-7-17-29-22-9-3-2-4-10-22)28-18-20-11-13-23(14-12-20)30-19-21-8-5-6-15-26-21;/h5-6,8,11-15,22H,2-4,7,9-10,16-19H2,1H3,(H2,25,27,28);1H. The summed E-state index contributed by atoms with van der Waals surface area (Å²) in [6, 6.07) is 13.9. The summed E-state index contributed by atoms with van der Waals surface area (Å²) in [6.07, 6.45) is 9.69. The maximum atomic E-state index is 5.97. The highest BCUT2D eigenvalue weighted by atomic mass is 127. The van der Waals surface area contributed by atoms with Crippen LogP contribution >= 0.6 is 24.0 Å². The van der Waals surface area contributed by atoms with Gasteiger partial charge in [-0.3, -0.25) is 9.98 Å². The highest BCUT2D eigenvalue weighted by Crippen LogP contribution is 2.20. The molecule has 6 nitrogen and oxygen atoms in total. The molecule has 0 atom stereocenters. The Morgan fingerprint density at radius 1 is 1.06 bits per heavy atom. The Bertz CT molecular complexity index is 750. The molecule has 1 saturated carbocycles. The van der Waals surface area contributed by atoms with Gasteiger partial charge in [-0.15, -0.1) is 24.0 Å². The predicted octanol–water partition coefficient (Wildman–Crippen LogP) is 4.68. The second-order valence-electron chi connectivity index (χ2n) is 7.59. The van der Waals surface area contributed by atoms with Crippen molar-refractivity contribution in [2.45, 2.75) is 57.8 Å². The molecule has 1 aromatic carbocycles. The van der Waals surface area contributed by atoms with Crippen LogP contribution in [0.25, 0.3) is 0 Å². The van der Waals surface area contributed by atoms with Crippen LogP contribution in [0.15, 0.2) is 53.7 Å². The van der Waals surface area contributed by atoms with Crippen LogP contribution in [0.1, 0.15) is 49.8 Å². The van der Waals surface area contributed by atoms with E-state index in [1.165, 1.54) is 37.7 Å². The molecule has 0 saturated heterocycles. The number of halogens is 1. The van der Waals surface area contributed by atoms with Gasteiger partial charge < -0.3 is 20.1 Å². The number of aliphatic imine (C=N–C) groups is 1. The molecule has 3 rings (SSSR count). The van der Waals surface area contributed by atoms with Crippen LogP contribution in [-0.4, -0.2) is 37.2 Å². The summed E-state index contributed by atoms with van der Waals surface area (Å²) in [7, 11) is 1.79. The van der Waals surface area contributed by atoms with Gasteiger partial charge in [0, 0.05) is 32.9 Å². The molecule has 1 aliphatic carbocycles. The molecule has 7 heteroatoms. The predicted molar refractivity (Wildman–Crippen MR) is 136 cm³/mol. The third kappa shape index (κ3) is 9.86. The van der Waals surface area contributed by atoms with Gasteiger partial charge in [0.05, 0.1) is 11.8 Å². The number of hydrogen-bond donors (Lipinski definition) is 2. The van der Waals surface area contributed by atoms with Gasteiger partial charge >= 0.3 is 0 Å². The average Bonchev–Trinajstić information content (AvgIpc) is 2.81. The quantitative estimate of drug-likeness (QED) is 0.199. The van der Waals surface area contributed by atoms with Gasteiger partial charge in [0.1, 0.15) is 12.4 Å². The number of pyridine rings is 1. The summed E-state index contributed by atoms with van der Waals surface area (Å²) in [5.41, 5.74) is 2.09. The van der Waals surface area contributed by atoms with Crippen LogP contribution < -0.4 is 15.4 Å². The topological polar surface area (TPSA) is 67.8 Å². The van der Waals surface area contributed by atoms with E-state index in [4.69, 9.17) is 9.47 Å². The molecule has 1 aromatic heterocycles. The van der Waals surface area contributed by atoms with E-state index in [1.807, 2.05) is 30.3 Å². The first-order valence-corrected chi connectivity index (χ1v) is 11.0. The van der Waals surface area contributed by atoms with E-state index in [-0.39, 0.29) is 24.0 Å². The van der Waals surface area contributed by atoms with E-state index >= 15 is 0 Å². The fraction of sp³-hybridized carbons (Fsp3) is 0.500. The molecule has 0 spiro atoms. The minimum Gasteiger partial charge on any atom is -0.487 e. The maximum absolute atomic E-state index is 5.97. The number of ether oxygens (including phenoxy) is 2. The number of hydrogen-bond acceptors (Lipinski definition) is 4. The summed E-state index contributed by atoms with van der Waals surface area (Å²) in [5, 5.41) is 6.71. The lowest BCUT2D eigenvalue weighted by Crippen LogP contribution is -2.37. The van der Waals surface area contributed by atoms with Gasteiger partial charge in [-0.1, -0.05) is 37.5 Å². The summed E-state index contributed by atoms with van der Waals surface area (Å²) in [5.74, 6) is 1.65. The van der Waals surface area contributed by atoms with Gasteiger partial charge in [-0.05, 0) is 49.1 Å². The van der Waals surface area contributed by atoms with Gasteiger partial charge in [-0.25, -0.2) is 0 Å². The van der Waals surface area contributed by atoms with Crippen LogP contribution in [0.4, 0.5) is 0 Å². The first-order valence-electron chi connectivity index (χ1n) is 11.0. The third-order valence-electron chi connectivity index (χ3n) is 5.24. The van der Waals surface area contributed by atoms with Gasteiger partial charge in [0.25, 0.3) is 0 Å². The Labute approximate surface area is 203 Å². The van der Waals surface area contributed by atoms with E-state index in [1.54, 1.807) is 13.2 Å². The molecule has 2 N–H and O–H groups in total. The second kappa shape index (κ2) is 15.0. The normalized spacial score (nSPS) is 14.5. The van der Waals surface area contributed by atoms with Crippen LogP contribution in [-0.2, 0) is 17.9 Å². The maximum Gasteiger partial charge on any atom is 0.191 e. The Balaban J connectivity index is 0.00000341. The molecule has 0 amide bonds. The smallest absolute Gasteiger partial charge is 0.191 e. The monoisotopic (exact) mass is 538 g/mol. The molecular formula is C24H35IN4O2. The lowest BCUT2D eigenvalue weighted by molar-refractivity contribution is 0.0277. The number of guanidine groups is 1. The molecule has 0 bridgehead atoms. The van der Waals surface area contributed by atoms with Crippen LogP contribution in [0.2, 0.25) is 0 Å². The fourth-order valence-corrected chi connectivity index (χ4v) is 3.51. The molecule has 0 radical (unpaired) electrons. The fourth-order valence-electron chi connectivity index (χ4n) is 3.51. The van der Waals surface area contributed by atoms with E-state index in [9.17, 15) is 0 Å². The molecule has 1 fully saturated rings.